The molecule has 1 atom stereocenters. The maximum absolute atomic E-state index is 12.0. The largest absolute Gasteiger partial charge is 0.294 e. The van der Waals surface area contributed by atoms with E-state index in [-0.39, 0.29) is 5.92 Å². The molecule has 0 unspecified atom stereocenters. The fraction of sp³-hybridized carbons (Fsp3) is 0.500. The summed E-state index contributed by atoms with van der Waals surface area (Å²) in [6, 6.07) is 8.05. The van der Waals surface area contributed by atoms with Gasteiger partial charge in [-0.15, -0.1) is 0 Å². The quantitative estimate of drug-likeness (QED) is 0.681. The Labute approximate surface area is 91.5 Å². The van der Waals surface area contributed by atoms with E-state index >= 15 is 0 Å². The van der Waals surface area contributed by atoms with Crippen LogP contribution in [0.4, 0.5) is 0 Å². The van der Waals surface area contributed by atoms with Gasteiger partial charge >= 0.3 is 0 Å². The van der Waals surface area contributed by atoms with Gasteiger partial charge in [-0.25, -0.2) is 0 Å². The zero-order valence-electron chi connectivity index (χ0n) is 9.33. The predicted octanol–water partition coefficient (Wildman–Crippen LogP) is 3.62. The van der Waals surface area contributed by atoms with Crippen LogP contribution >= 0.6 is 0 Å². The van der Waals surface area contributed by atoms with Crippen LogP contribution in [0.5, 0.6) is 0 Å². The number of carbonyl (C=O) groups is 1. The van der Waals surface area contributed by atoms with Gasteiger partial charge in [0.15, 0.2) is 5.78 Å². The average molecular weight is 202 g/mol. The minimum Gasteiger partial charge on any atom is -0.294 e. The van der Waals surface area contributed by atoms with Crippen molar-refractivity contribution in [2.45, 2.75) is 39.0 Å². The van der Waals surface area contributed by atoms with Crippen molar-refractivity contribution in [2.24, 2.45) is 5.92 Å². The van der Waals surface area contributed by atoms with E-state index in [2.05, 4.69) is 13.0 Å². The maximum Gasteiger partial charge on any atom is 0.166 e. The Hall–Kier alpha value is -1.11. The molecule has 15 heavy (non-hydrogen) atoms. The highest BCUT2D eigenvalue weighted by molar-refractivity contribution is 6.02. The van der Waals surface area contributed by atoms with Crippen molar-refractivity contribution in [3.63, 3.8) is 0 Å². The van der Waals surface area contributed by atoms with Crippen LogP contribution < -0.4 is 0 Å². The lowest BCUT2D eigenvalue weighted by molar-refractivity contribution is 0.0929. The molecule has 1 aromatic rings. The highest BCUT2D eigenvalue weighted by atomic mass is 16.1. The van der Waals surface area contributed by atoms with Gasteiger partial charge < -0.3 is 0 Å². The van der Waals surface area contributed by atoms with E-state index in [0.29, 0.717) is 5.78 Å². The molecule has 0 radical (unpaired) electrons. The van der Waals surface area contributed by atoms with Crippen molar-refractivity contribution in [2.75, 3.05) is 0 Å². The summed E-state index contributed by atoms with van der Waals surface area (Å²) in [4.78, 5) is 12.0. The van der Waals surface area contributed by atoms with Crippen LogP contribution in [0.2, 0.25) is 0 Å². The molecule has 0 saturated carbocycles. The predicted molar refractivity (Wildman–Crippen MR) is 62.1 cm³/mol. The second kappa shape index (κ2) is 4.61. The first-order valence-corrected chi connectivity index (χ1v) is 5.95. The van der Waals surface area contributed by atoms with E-state index in [1.54, 1.807) is 0 Å². The highest BCUT2D eigenvalue weighted by Gasteiger charge is 2.28. The highest BCUT2D eigenvalue weighted by Crippen LogP contribution is 2.29. The third-order valence-corrected chi connectivity index (χ3v) is 3.28. The number of Topliss-reactive ketones (excluding diaryl/α,β-unsaturated/α-hetero) is 1. The second-order valence-corrected chi connectivity index (χ2v) is 4.42. The maximum atomic E-state index is 12.0. The minimum absolute atomic E-state index is 0.272. The van der Waals surface area contributed by atoms with Crippen LogP contribution in [0.25, 0.3) is 0 Å². The molecule has 0 aliphatic heterocycles. The number of fused-ring (bicyclic) bond motifs is 1. The molecule has 1 aliphatic carbocycles. The third-order valence-electron chi connectivity index (χ3n) is 3.28. The monoisotopic (exact) mass is 202 g/mol. The molecule has 1 nitrogen and oxygen atoms in total. The average Bonchev–Trinajstić information content (AvgIpc) is 2.57. The molecule has 0 heterocycles. The van der Waals surface area contributed by atoms with Gasteiger partial charge in [-0.2, -0.15) is 0 Å². The Morgan fingerprint density at radius 3 is 2.80 bits per heavy atom. The zero-order valence-corrected chi connectivity index (χ0v) is 9.33. The molecule has 80 valence electrons. The SMILES string of the molecule is CCCCC[C@@H]1Cc2ccccc2C1=O. The first-order chi connectivity index (χ1) is 7.33. The number of unbranched alkanes of at least 4 members (excludes halogenated alkanes) is 2. The number of rotatable bonds is 4. The number of hydrogen-bond donors (Lipinski definition) is 0. The van der Waals surface area contributed by atoms with E-state index in [0.717, 1.165) is 18.4 Å². The fourth-order valence-electron chi connectivity index (χ4n) is 2.39. The second-order valence-electron chi connectivity index (χ2n) is 4.42. The first kappa shape index (κ1) is 10.4. The molecule has 0 fully saturated rings. The van der Waals surface area contributed by atoms with Gasteiger partial charge in [0, 0.05) is 11.5 Å². The van der Waals surface area contributed by atoms with Gasteiger partial charge in [0.05, 0.1) is 0 Å². The van der Waals surface area contributed by atoms with Gasteiger partial charge in [-0.1, -0.05) is 50.5 Å². The van der Waals surface area contributed by atoms with Gasteiger partial charge in [0.1, 0.15) is 0 Å². The van der Waals surface area contributed by atoms with Crippen molar-refractivity contribution >= 4 is 5.78 Å². The zero-order chi connectivity index (χ0) is 10.7. The normalized spacial score (nSPS) is 19.3. The van der Waals surface area contributed by atoms with E-state index in [1.807, 2.05) is 18.2 Å². The fourth-order valence-corrected chi connectivity index (χ4v) is 2.39. The number of carbonyl (C=O) groups excluding carboxylic acids is 1. The molecule has 0 spiro atoms. The molecule has 0 saturated heterocycles. The van der Waals surface area contributed by atoms with Crippen molar-refractivity contribution in [1.82, 2.24) is 0 Å². The van der Waals surface area contributed by atoms with E-state index < -0.39 is 0 Å². The molecule has 2 rings (SSSR count). The van der Waals surface area contributed by atoms with Crippen LogP contribution in [-0.2, 0) is 6.42 Å². The van der Waals surface area contributed by atoms with Crippen molar-refractivity contribution in [1.29, 1.82) is 0 Å². The standard InChI is InChI=1S/C14H18O/c1-2-3-4-8-12-10-11-7-5-6-9-13(11)14(12)15/h5-7,9,12H,2-4,8,10H2,1H3/t12-/m1/s1. The summed E-state index contributed by atoms with van der Waals surface area (Å²) in [6.07, 6.45) is 5.72. The van der Waals surface area contributed by atoms with Crippen molar-refractivity contribution < 1.29 is 4.79 Å². The Balaban J connectivity index is 2.01. The number of ketones is 1. The van der Waals surface area contributed by atoms with Crippen LogP contribution in [-0.4, -0.2) is 5.78 Å². The molecule has 0 aromatic heterocycles. The Morgan fingerprint density at radius 2 is 2.07 bits per heavy atom. The third kappa shape index (κ3) is 2.11. The summed E-state index contributed by atoms with van der Waals surface area (Å²) in [5.41, 5.74) is 2.22. The van der Waals surface area contributed by atoms with Gasteiger partial charge in [0.2, 0.25) is 0 Å². The van der Waals surface area contributed by atoms with Gasteiger partial charge in [-0.3, -0.25) is 4.79 Å². The minimum atomic E-state index is 0.272. The summed E-state index contributed by atoms with van der Waals surface area (Å²) in [7, 11) is 0. The molecule has 0 amide bonds. The molecular formula is C14H18O. The molecule has 1 aromatic carbocycles. The Morgan fingerprint density at radius 1 is 1.27 bits per heavy atom. The Bertz CT molecular complexity index is 354. The lowest BCUT2D eigenvalue weighted by Gasteiger charge is -2.06. The smallest absolute Gasteiger partial charge is 0.166 e. The van der Waals surface area contributed by atoms with E-state index in [9.17, 15) is 4.79 Å². The van der Waals surface area contributed by atoms with Crippen LogP contribution in [0.15, 0.2) is 24.3 Å². The lowest BCUT2D eigenvalue weighted by atomic mass is 9.97. The topological polar surface area (TPSA) is 17.1 Å². The molecule has 1 aliphatic rings. The molecule has 0 N–H and O–H groups in total. The van der Waals surface area contributed by atoms with Crippen LogP contribution in [0, 0.1) is 5.92 Å². The number of benzene rings is 1. The molecule has 0 bridgehead atoms. The summed E-state index contributed by atoms with van der Waals surface area (Å²) in [5, 5.41) is 0. The molecule has 1 heteroatoms. The first-order valence-electron chi connectivity index (χ1n) is 5.95. The van der Waals surface area contributed by atoms with Crippen molar-refractivity contribution in [3.8, 4) is 0 Å². The van der Waals surface area contributed by atoms with Gasteiger partial charge in [0.25, 0.3) is 0 Å². The van der Waals surface area contributed by atoms with Crippen LogP contribution in [0.3, 0.4) is 0 Å². The summed E-state index contributed by atoms with van der Waals surface area (Å²) >= 11 is 0. The van der Waals surface area contributed by atoms with Crippen LogP contribution in [0.1, 0.15) is 48.5 Å². The van der Waals surface area contributed by atoms with E-state index in [1.165, 1.54) is 24.8 Å². The van der Waals surface area contributed by atoms with Crippen molar-refractivity contribution in [3.05, 3.63) is 35.4 Å². The van der Waals surface area contributed by atoms with Gasteiger partial charge in [-0.05, 0) is 18.4 Å². The summed E-state index contributed by atoms with van der Waals surface area (Å²) < 4.78 is 0. The summed E-state index contributed by atoms with van der Waals surface area (Å²) in [5.74, 6) is 0.649. The van der Waals surface area contributed by atoms with E-state index in [4.69, 9.17) is 0 Å². The lowest BCUT2D eigenvalue weighted by Crippen LogP contribution is -2.08. The summed E-state index contributed by atoms with van der Waals surface area (Å²) in [6.45, 7) is 2.20. The Kier molecular flexibility index (Phi) is 3.20. The number of hydrogen-bond acceptors (Lipinski definition) is 1. The molecular weight excluding hydrogens is 184 g/mol.